The third-order valence-corrected chi connectivity index (χ3v) is 3.77. The number of aliphatic hydroxyl groups is 1. The molecule has 0 bridgehead atoms. The highest BCUT2D eigenvalue weighted by molar-refractivity contribution is 5.34. The zero-order chi connectivity index (χ0) is 13.2. The van der Waals surface area contributed by atoms with E-state index in [0.717, 1.165) is 36.9 Å². The molecule has 96 valence electrons. The Balaban J connectivity index is 1.90. The maximum Gasteiger partial charge on any atom is 0.0991 e. The van der Waals surface area contributed by atoms with Crippen LogP contribution >= 0.6 is 0 Å². The van der Waals surface area contributed by atoms with Crippen LogP contribution in [0.25, 0.3) is 0 Å². The lowest BCUT2D eigenvalue weighted by Crippen LogP contribution is -2.12. The van der Waals surface area contributed by atoms with Crippen LogP contribution in [0.4, 0.5) is 0 Å². The second kappa shape index (κ2) is 4.91. The van der Waals surface area contributed by atoms with Crippen LogP contribution in [0.15, 0.2) is 36.5 Å². The van der Waals surface area contributed by atoms with E-state index in [0.29, 0.717) is 5.56 Å². The van der Waals surface area contributed by atoms with E-state index in [1.54, 1.807) is 0 Å². The lowest BCUT2D eigenvalue weighted by Gasteiger charge is -2.20. The fourth-order valence-corrected chi connectivity index (χ4v) is 2.82. The van der Waals surface area contributed by atoms with Gasteiger partial charge in [0.2, 0.25) is 0 Å². The normalized spacial score (nSPS) is 17.8. The molecular formula is C16H16N2O. The predicted octanol–water partition coefficient (Wildman–Crippen LogP) is 2.78. The molecule has 0 saturated carbocycles. The summed E-state index contributed by atoms with van der Waals surface area (Å²) in [5.74, 6) is 0. The van der Waals surface area contributed by atoms with Crippen molar-refractivity contribution in [2.24, 2.45) is 0 Å². The van der Waals surface area contributed by atoms with Gasteiger partial charge in [-0.2, -0.15) is 5.26 Å². The molecule has 0 amide bonds. The maximum absolute atomic E-state index is 9.97. The van der Waals surface area contributed by atoms with Gasteiger partial charge in [-0.3, -0.25) is 0 Å². The van der Waals surface area contributed by atoms with Crippen molar-refractivity contribution in [3.05, 3.63) is 58.9 Å². The van der Waals surface area contributed by atoms with Crippen LogP contribution in [-0.2, 0) is 13.0 Å². The first kappa shape index (κ1) is 12.0. The van der Waals surface area contributed by atoms with Crippen molar-refractivity contribution < 1.29 is 5.11 Å². The van der Waals surface area contributed by atoms with Gasteiger partial charge in [0.05, 0.1) is 17.7 Å². The van der Waals surface area contributed by atoms with Crippen LogP contribution in [-0.4, -0.2) is 9.67 Å². The molecule has 0 fully saturated rings. The largest absolute Gasteiger partial charge is 0.388 e. The SMILES string of the molecule is N#Cc1cccc(Cn2ccc3c2CCCC3O)c1. The molecule has 19 heavy (non-hydrogen) atoms. The summed E-state index contributed by atoms with van der Waals surface area (Å²) in [5.41, 5.74) is 4.12. The van der Waals surface area contributed by atoms with E-state index in [2.05, 4.69) is 10.6 Å². The highest BCUT2D eigenvalue weighted by Gasteiger charge is 2.20. The summed E-state index contributed by atoms with van der Waals surface area (Å²) in [4.78, 5) is 0. The lowest BCUT2D eigenvalue weighted by atomic mass is 9.95. The maximum atomic E-state index is 9.97. The van der Waals surface area contributed by atoms with Crippen molar-refractivity contribution in [3.8, 4) is 6.07 Å². The Kier molecular flexibility index (Phi) is 3.10. The van der Waals surface area contributed by atoms with Crippen molar-refractivity contribution >= 4 is 0 Å². The van der Waals surface area contributed by atoms with Gasteiger partial charge in [-0.15, -0.1) is 0 Å². The molecule has 3 heteroatoms. The van der Waals surface area contributed by atoms with E-state index in [1.165, 1.54) is 5.69 Å². The number of benzene rings is 1. The fraction of sp³-hybridized carbons (Fsp3) is 0.312. The van der Waals surface area contributed by atoms with Crippen LogP contribution < -0.4 is 0 Å². The lowest BCUT2D eigenvalue weighted by molar-refractivity contribution is 0.156. The molecule has 0 aliphatic heterocycles. The van der Waals surface area contributed by atoms with Gasteiger partial charge in [0.25, 0.3) is 0 Å². The number of aliphatic hydroxyl groups excluding tert-OH is 1. The molecular weight excluding hydrogens is 236 g/mol. The minimum atomic E-state index is -0.310. The second-order valence-corrected chi connectivity index (χ2v) is 5.07. The van der Waals surface area contributed by atoms with E-state index in [4.69, 9.17) is 5.26 Å². The molecule has 0 spiro atoms. The summed E-state index contributed by atoms with van der Waals surface area (Å²) >= 11 is 0. The van der Waals surface area contributed by atoms with Crippen molar-refractivity contribution in [1.29, 1.82) is 5.26 Å². The van der Waals surface area contributed by atoms with Crippen molar-refractivity contribution in [2.45, 2.75) is 31.9 Å². The molecule has 0 saturated heterocycles. The van der Waals surface area contributed by atoms with Crippen molar-refractivity contribution in [3.63, 3.8) is 0 Å². The van der Waals surface area contributed by atoms with Gasteiger partial charge < -0.3 is 9.67 Å². The Morgan fingerprint density at radius 3 is 3.11 bits per heavy atom. The first-order chi connectivity index (χ1) is 9.28. The van der Waals surface area contributed by atoms with E-state index in [1.807, 2.05) is 36.5 Å². The number of hydrogen-bond donors (Lipinski definition) is 1. The molecule has 3 nitrogen and oxygen atoms in total. The topological polar surface area (TPSA) is 49.0 Å². The molecule has 1 aliphatic carbocycles. The van der Waals surface area contributed by atoms with Crippen LogP contribution in [0.1, 0.15) is 41.3 Å². The van der Waals surface area contributed by atoms with Gasteiger partial charge in [-0.1, -0.05) is 12.1 Å². The summed E-state index contributed by atoms with van der Waals surface area (Å²) < 4.78 is 2.19. The highest BCUT2D eigenvalue weighted by Crippen LogP contribution is 2.30. The van der Waals surface area contributed by atoms with Crippen LogP contribution in [0.5, 0.6) is 0 Å². The number of nitriles is 1. The predicted molar refractivity (Wildman–Crippen MR) is 72.6 cm³/mol. The van der Waals surface area contributed by atoms with Gasteiger partial charge in [-0.25, -0.2) is 0 Å². The molecule has 1 heterocycles. The van der Waals surface area contributed by atoms with Crippen LogP contribution in [0.3, 0.4) is 0 Å². The Bertz CT molecular complexity index is 636. The molecule has 1 atom stereocenters. The summed E-state index contributed by atoms with van der Waals surface area (Å²) in [6, 6.07) is 11.9. The summed E-state index contributed by atoms with van der Waals surface area (Å²) in [7, 11) is 0. The van der Waals surface area contributed by atoms with Gasteiger partial charge >= 0.3 is 0 Å². The smallest absolute Gasteiger partial charge is 0.0991 e. The van der Waals surface area contributed by atoms with Gasteiger partial charge in [0.1, 0.15) is 0 Å². The first-order valence-corrected chi connectivity index (χ1v) is 6.63. The molecule has 3 rings (SSSR count). The number of fused-ring (bicyclic) bond motifs is 1. The summed E-state index contributed by atoms with van der Waals surface area (Å²) in [5, 5.41) is 18.9. The standard InChI is InChI=1S/C16H16N2O/c17-10-12-3-1-4-13(9-12)11-18-8-7-14-15(18)5-2-6-16(14)19/h1,3-4,7-9,16,19H,2,5-6,11H2. The molecule has 1 aromatic carbocycles. The number of hydrogen-bond acceptors (Lipinski definition) is 2. The van der Waals surface area contributed by atoms with Gasteiger partial charge in [-0.05, 0) is 43.0 Å². The number of aromatic nitrogens is 1. The van der Waals surface area contributed by atoms with Crippen LogP contribution in [0.2, 0.25) is 0 Å². The minimum absolute atomic E-state index is 0.310. The van der Waals surface area contributed by atoms with E-state index in [-0.39, 0.29) is 6.10 Å². The van der Waals surface area contributed by atoms with E-state index >= 15 is 0 Å². The minimum Gasteiger partial charge on any atom is -0.388 e. The average molecular weight is 252 g/mol. The number of nitrogens with zero attached hydrogens (tertiary/aromatic N) is 2. The zero-order valence-electron chi connectivity index (χ0n) is 10.7. The Hall–Kier alpha value is -2.05. The average Bonchev–Trinajstić information content (AvgIpc) is 2.84. The monoisotopic (exact) mass is 252 g/mol. The first-order valence-electron chi connectivity index (χ1n) is 6.63. The molecule has 1 N–H and O–H groups in total. The second-order valence-electron chi connectivity index (χ2n) is 5.07. The van der Waals surface area contributed by atoms with E-state index in [9.17, 15) is 5.11 Å². The Morgan fingerprint density at radius 1 is 1.37 bits per heavy atom. The Morgan fingerprint density at radius 2 is 2.26 bits per heavy atom. The molecule has 1 aliphatic rings. The zero-order valence-corrected chi connectivity index (χ0v) is 10.7. The third kappa shape index (κ3) is 2.27. The molecule has 2 aromatic rings. The number of rotatable bonds is 2. The van der Waals surface area contributed by atoms with Crippen molar-refractivity contribution in [2.75, 3.05) is 0 Å². The summed E-state index contributed by atoms with van der Waals surface area (Å²) in [6.07, 6.45) is 4.66. The van der Waals surface area contributed by atoms with Gasteiger partial charge in [0.15, 0.2) is 0 Å². The Labute approximate surface area is 112 Å². The third-order valence-electron chi connectivity index (χ3n) is 3.77. The molecule has 1 aromatic heterocycles. The van der Waals surface area contributed by atoms with Crippen molar-refractivity contribution in [1.82, 2.24) is 4.57 Å². The molecule has 0 radical (unpaired) electrons. The van der Waals surface area contributed by atoms with Gasteiger partial charge in [0, 0.05) is 24.0 Å². The summed E-state index contributed by atoms with van der Waals surface area (Å²) in [6.45, 7) is 0.761. The highest BCUT2D eigenvalue weighted by atomic mass is 16.3. The van der Waals surface area contributed by atoms with Crippen LogP contribution in [0, 0.1) is 11.3 Å². The van der Waals surface area contributed by atoms with E-state index < -0.39 is 0 Å². The quantitative estimate of drug-likeness (QED) is 0.893. The fourth-order valence-electron chi connectivity index (χ4n) is 2.82. The molecule has 1 unspecified atom stereocenters.